The molecule has 1 saturated heterocycles. The van der Waals surface area contributed by atoms with Gasteiger partial charge in [0, 0.05) is 5.75 Å². The van der Waals surface area contributed by atoms with Crippen molar-refractivity contribution >= 4 is 11.8 Å². The third kappa shape index (κ3) is 3.40. The van der Waals surface area contributed by atoms with Crippen LogP contribution in [0.25, 0.3) is 11.1 Å². The van der Waals surface area contributed by atoms with Crippen LogP contribution < -0.4 is 5.32 Å². The monoisotopic (exact) mass is 269 g/mol. The molecular weight excluding hydrogens is 250 g/mol. The normalized spacial score (nSPS) is 15.2. The fraction of sp³-hybridized carbons (Fsp3) is 0.294. The Kier molecular flexibility index (Phi) is 4.21. The fourth-order valence-electron chi connectivity index (χ4n) is 2.23. The Morgan fingerprint density at radius 3 is 2.21 bits per heavy atom. The fourth-order valence-corrected chi connectivity index (χ4v) is 3.35. The van der Waals surface area contributed by atoms with Gasteiger partial charge in [-0.1, -0.05) is 54.6 Å². The van der Waals surface area contributed by atoms with E-state index in [2.05, 4.69) is 71.7 Å². The number of hydrogen-bond donors (Lipinski definition) is 1. The van der Waals surface area contributed by atoms with Gasteiger partial charge in [-0.25, -0.2) is 0 Å². The Morgan fingerprint density at radius 1 is 0.895 bits per heavy atom. The van der Waals surface area contributed by atoms with E-state index in [0.29, 0.717) is 0 Å². The first-order valence-corrected chi connectivity index (χ1v) is 8.00. The predicted octanol–water partition coefficient (Wildman–Crippen LogP) is 3.81. The molecule has 3 rings (SSSR count). The van der Waals surface area contributed by atoms with Gasteiger partial charge in [0.25, 0.3) is 0 Å². The Hall–Kier alpha value is -1.25. The molecule has 1 N–H and O–H groups in total. The van der Waals surface area contributed by atoms with Crippen LogP contribution in [0.15, 0.2) is 54.6 Å². The van der Waals surface area contributed by atoms with E-state index in [4.69, 9.17) is 0 Å². The molecule has 1 aliphatic rings. The van der Waals surface area contributed by atoms with Crippen molar-refractivity contribution in [1.82, 2.24) is 5.32 Å². The van der Waals surface area contributed by atoms with Crippen molar-refractivity contribution in [3.8, 4) is 11.1 Å². The molecule has 1 heterocycles. The van der Waals surface area contributed by atoms with Crippen LogP contribution in [0, 0.1) is 5.92 Å². The van der Waals surface area contributed by atoms with Crippen LogP contribution in [-0.4, -0.2) is 18.8 Å². The van der Waals surface area contributed by atoms with Crippen molar-refractivity contribution in [2.24, 2.45) is 5.92 Å². The van der Waals surface area contributed by atoms with Crippen LogP contribution in [0.2, 0.25) is 0 Å². The van der Waals surface area contributed by atoms with Crippen LogP contribution in [-0.2, 0) is 5.75 Å². The number of hydrogen-bond acceptors (Lipinski definition) is 2. The summed E-state index contributed by atoms with van der Waals surface area (Å²) in [7, 11) is 0. The Morgan fingerprint density at radius 2 is 1.58 bits per heavy atom. The molecule has 19 heavy (non-hydrogen) atoms. The Labute approximate surface area is 119 Å². The van der Waals surface area contributed by atoms with Crippen molar-refractivity contribution < 1.29 is 0 Å². The number of benzene rings is 2. The van der Waals surface area contributed by atoms with E-state index < -0.39 is 0 Å². The summed E-state index contributed by atoms with van der Waals surface area (Å²) in [4.78, 5) is 0. The summed E-state index contributed by atoms with van der Waals surface area (Å²) in [6, 6.07) is 19.5. The molecule has 2 heteroatoms. The van der Waals surface area contributed by atoms with Crippen molar-refractivity contribution in [3.63, 3.8) is 0 Å². The van der Waals surface area contributed by atoms with Gasteiger partial charge in [0.15, 0.2) is 0 Å². The van der Waals surface area contributed by atoms with Crippen LogP contribution in [0.1, 0.15) is 5.56 Å². The lowest BCUT2D eigenvalue weighted by atomic mass is 10.0. The van der Waals surface area contributed by atoms with Gasteiger partial charge in [0.2, 0.25) is 0 Å². The molecule has 98 valence electrons. The van der Waals surface area contributed by atoms with E-state index in [1.807, 2.05) is 0 Å². The summed E-state index contributed by atoms with van der Waals surface area (Å²) in [5, 5.41) is 3.32. The zero-order valence-electron chi connectivity index (χ0n) is 11.0. The summed E-state index contributed by atoms with van der Waals surface area (Å²) < 4.78 is 0. The SMILES string of the molecule is c1ccc(-c2ccc(CSCC3CNC3)cc2)cc1. The van der Waals surface area contributed by atoms with Gasteiger partial charge in [0.1, 0.15) is 0 Å². The molecule has 0 amide bonds. The van der Waals surface area contributed by atoms with Gasteiger partial charge in [-0.05, 0) is 41.5 Å². The Bertz CT molecular complexity index is 503. The molecule has 2 aromatic rings. The lowest BCUT2D eigenvalue weighted by Gasteiger charge is -2.26. The molecule has 0 aromatic heterocycles. The molecule has 0 atom stereocenters. The summed E-state index contributed by atoms with van der Waals surface area (Å²) in [6.07, 6.45) is 0. The first kappa shape index (κ1) is 12.8. The summed E-state index contributed by atoms with van der Waals surface area (Å²) in [5.74, 6) is 3.31. The number of rotatable bonds is 5. The van der Waals surface area contributed by atoms with Gasteiger partial charge >= 0.3 is 0 Å². The molecule has 2 aromatic carbocycles. The number of thioether (sulfide) groups is 1. The smallest absolute Gasteiger partial charge is 0.0184 e. The summed E-state index contributed by atoms with van der Waals surface area (Å²) in [6.45, 7) is 2.42. The van der Waals surface area contributed by atoms with E-state index in [9.17, 15) is 0 Å². The first-order chi connectivity index (χ1) is 9.42. The zero-order valence-corrected chi connectivity index (χ0v) is 11.8. The first-order valence-electron chi connectivity index (χ1n) is 6.84. The van der Waals surface area contributed by atoms with Gasteiger partial charge < -0.3 is 5.32 Å². The quantitative estimate of drug-likeness (QED) is 0.886. The molecule has 0 spiro atoms. The van der Waals surface area contributed by atoms with E-state index in [1.54, 1.807) is 0 Å². The third-order valence-electron chi connectivity index (χ3n) is 3.55. The maximum Gasteiger partial charge on any atom is 0.0184 e. The zero-order chi connectivity index (χ0) is 12.9. The van der Waals surface area contributed by atoms with E-state index in [1.165, 1.54) is 35.5 Å². The van der Waals surface area contributed by atoms with Gasteiger partial charge in [0.05, 0.1) is 0 Å². The van der Waals surface area contributed by atoms with Crippen LogP contribution in [0.3, 0.4) is 0 Å². The third-order valence-corrected chi connectivity index (χ3v) is 4.79. The van der Waals surface area contributed by atoms with Crippen molar-refractivity contribution in [3.05, 3.63) is 60.2 Å². The molecular formula is C17H19NS. The second-order valence-corrected chi connectivity index (χ2v) is 6.13. The van der Waals surface area contributed by atoms with Crippen LogP contribution in [0.5, 0.6) is 0 Å². The molecule has 1 fully saturated rings. The highest BCUT2D eigenvalue weighted by Gasteiger charge is 2.15. The summed E-state index contributed by atoms with van der Waals surface area (Å²) in [5.41, 5.74) is 4.02. The molecule has 0 radical (unpaired) electrons. The average molecular weight is 269 g/mol. The molecule has 0 unspecified atom stereocenters. The van der Waals surface area contributed by atoms with Gasteiger partial charge in [-0.3, -0.25) is 0 Å². The maximum atomic E-state index is 3.32. The second kappa shape index (κ2) is 6.27. The van der Waals surface area contributed by atoms with Gasteiger partial charge in [-0.15, -0.1) is 0 Å². The van der Waals surface area contributed by atoms with E-state index in [-0.39, 0.29) is 0 Å². The molecule has 0 bridgehead atoms. The van der Waals surface area contributed by atoms with Crippen molar-refractivity contribution in [2.75, 3.05) is 18.8 Å². The highest BCUT2D eigenvalue weighted by atomic mass is 32.2. The second-order valence-electron chi connectivity index (χ2n) is 5.10. The molecule has 0 aliphatic carbocycles. The average Bonchev–Trinajstić information content (AvgIpc) is 2.43. The molecule has 1 nitrogen and oxygen atoms in total. The minimum absolute atomic E-state index is 0.897. The van der Waals surface area contributed by atoms with Crippen molar-refractivity contribution in [2.45, 2.75) is 5.75 Å². The lowest BCUT2D eigenvalue weighted by Crippen LogP contribution is -2.43. The highest BCUT2D eigenvalue weighted by Crippen LogP contribution is 2.22. The van der Waals surface area contributed by atoms with E-state index >= 15 is 0 Å². The number of nitrogens with one attached hydrogen (secondary N) is 1. The molecule has 1 aliphatic heterocycles. The standard InChI is InChI=1S/C17H19NS/c1-2-4-16(5-3-1)17-8-6-14(7-9-17)12-19-13-15-10-18-11-15/h1-9,15,18H,10-13H2. The van der Waals surface area contributed by atoms with Gasteiger partial charge in [-0.2, -0.15) is 11.8 Å². The minimum atomic E-state index is 0.897. The van der Waals surface area contributed by atoms with E-state index in [0.717, 1.165) is 11.7 Å². The maximum absolute atomic E-state index is 3.32. The lowest BCUT2D eigenvalue weighted by molar-refractivity contribution is 0.385. The predicted molar refractivity (Wildman–Crippen MR) is 84.4 cm³/mol. The van der Waals surface area contributed by atoms with Crippen LogP contribution >= 0.6 is 11.8 Å². The molecule has 0 saturated carbocycles. The van der Waals surface area contributed by atoms with Crippen LogP contribution in [0.4, 0.5) is 0 Å². The largest absolute Gasteiger partial charge is 0.316 e. The highest BCUT2D eigenvalue weighted by molar-refractivity contribution is 7.98. The Balaban J connectivity index is 1.56. The van der Waals surface area contributed by atoms with Crippen molar-refractivity contribution in [1.29, 1.82) is 0 Å². The topological polar surface area (TPSA) is 12.0 Å². The summed E-state index contributed by atoms with van der Waals surface area (Å²) >= 11 is 2.05. The minimum Gasteiger partial charge on any atom is -0.316 e.